The predicted molar refractivity (Wildman–Crippen MR) is 187 cm³/mol. The average molecular weight is 608 g/mol. The van der Waals surface area contributed by atoms with Crippen molar-refractivity contribution in [2.45, 2.75) is 70.5 Å². The lowest BCUT2D eigenvalue weighted by Crippen LogP contribution is -2.69. The van der Waals surface area contributed by atoms with Crippen LogP contribution in [0.3, 0.4) is 0 Å². The summed E-state index contributed by atoms with van der Waals surface area (Å²) in [6, 6.07) is 43.9. The molecule has 5 rings (SSSR count). The van der Waals surface area contributed by atoms with Gasteiger partial charge in [-0.2, -0.15) is 0 Å². The van der Waals surface area contributed by atoms with Gasteiger partial charge in [0, 0.05) is 24.7 Å². The molecule has 0 unspecified atom stereocenters. The Morgan fingerprint density at radius 2 is 0.791 bits per heavy atom. The van der Waals surface area contributed by atoms with Crippen LogP contribution < -0.4 is 26.5 Å². The van der Waals surface area contributed by atoms with E-state index < -0.39 is 16.6 Å². The molecule has 0 radical (unpaired) electrons. The molecule has 4 aromatic carbocycles. The minimum atomic E-state index is -2.69. The Kier molecular flexibility index (Phi) is 9.04. The molecule has 5 heteroatoms. The number of nitrogens with two attached hydrogens (primary N) is 1. The maximum absolute atomic E-state index is 7.50. The molecule has 0 atom stereocenters. The van der Waals surface area contributed by atoms with Crippen molar-refractivity contribution in [2.24, 2.45) is 11.1 Å². The summed E-state index contributed by atoms with van der Waals surface area (Å²) in [7, 11) is -5.38. The molecular formula is C38H49NO2Si2. The van der Waals surface area contributed by atoms with E-state index in [9.17, 15) is 0 Å². The zero-order chi connectivity index (χ0) is 30.8. The van der Waals surface area contributed by atoms with E-state index in [1.807, 2.05) is 0 Å². The number of hydrogen-bond acceptors (Lipinski definition) is 3. The fraction of sp³-hybridized carbons (Fsp3) is 0.368. The second-order valence-corrected chi connectivity index (χ2v) is 23.2. The van der Waals surface area contributed by atoms with Crippen LogP contribution >= 0.6 is 0 Å². The van der Waals surface area contributed by atoms with Crippen LogP contribution in [0.1, 0.15) is 54.4 Å². The Morgan fingerprint density at radius 3 is 1.00 bits per heavy atom. The van der Waals surface area contributed by atoms with E-state index in [1.165, 1.54) is 20.7 Å². The van der Waals surface area contributed by atoms with Crippen molar-refractivity contribution in [1.29, 1.82) is 0 Å². The lowest BCUT2D eigenvalue weighted by Gasteiger charge is -2.52. The first-order valence-electron chi connectivity index (χ1n) is 15.7. The van der Waals surface area contributed by atoms with Crippen molar-refractivity contribution in [2.75, 3.05) is 13.2 Å². The Balaban J connectivity index is 1.55. The third kappa shape index (κ3) is 5.98. The van der Waals surface area contributed by atoms with Gasteiger partial charge < -0.3 is 14.6 Å². The highest BCUT2D eigenvalue weighted by atomic mass is 28.4. The van der Waals surface area contributed by atoms with E-state index >= 15 is 0 Å². The molecular weight excluding hydrogens is 559 g/mol. The van der Waals surface area contributed by atoms with Crippen LogP contribution in [-0.2, 0) is 8.85 Å². The molecule has 4 aromatic rings. The van der Waals surface area contributed by atoms with Gasteiger partial charge in [0.15, 0.2) is 0 Å². The second-order valence-electron chi connectivity index (χ2n) is 14.6. The zero-order valence-corrected chi connectivity index (χ0v) is 28.8. The smallest absolute Gasteiger partial charge is 0.261 e. The molecule has 0 heterocycles. The quantitative estimate of drug-likeness (QED) is 0.217. The van der Waals surface area contributed by atoms with Crippen LogP contribution in [0.4, 0.5) is 0 Å². The first-order valence-corrected chi connectivity index (χ1v) is 19.5. The first-order chi connectivity index (χ1) is 20.4. The topological polar surface area (TPSA) is 44.5 Å². The lowest BCUT2D eigenvalue weighted by atomic mass is 9.67. The molecule has 226 valence electrons. The molecule has 0 spiro atoms. The predicted octanol–water partition coefficient (Wildman–Crippen LogP) is 6.25. The van der Waals surface area contributed by atoms with Crippen LogP contribution in [0.5, 0.6) is 0 Å². The maximum atomic E-state index is 7.50. The minimum absolute atomic E-state index is 0.0817. The fourth-order valence-electron chi connectivity index (χ4n) is 7.38. The van der Waals surface area contributed by atoms with Gasteiger partial charge in [-0.1, -0.05) is 163 Å². The van der Waals surface area contributed by atoms with Gasteiger partial charge in [-0.25, -0.2) is 0 Å². The summed E-state index contributed by atoms with van der Waals surface area (Å²) in [6.07, 6.45) is 1.81. The standard InChI is InChI=1S/C38H49NO2Si2/c1-36(2,3)42(32-19-11-7-12-20-32,33-21-13-8-14-22-33)40-29-38(27-31(39)28-38)30-41-43(37(4,5)6,34-23-15-9-16-24-34)35-25-17-10-18-26-35/h7-26,31H,27-30,39H2,1-6H3. The van der Waals surface area contributed by atoms with Crippen LogP contribution in [0.15, 0.2) is 121 Å². The molecule has 1 aliphatic carbocycles. The molecule has 1 aliphatic rings. The summed E-state index contributed by atoms with van der Waals surface area (Å²) in [6.45, 7) is 15.3. The molecule has 1 saturated carbocycles. The monoisotopic (exact) mass is 607 g/mol. The molecule has 0 bridgehead atoms. The Labute approximate surface area is 261 Å². The van der Waals surface area contributed by atoms with E-state index in [0.29, 0.717) is 13.2 Å². The normalized spacial score (nSPS) is 16.1. The molecule has 0 aliphatic heterocycles. The van der Waals surface area contributed by atoms with Crippen molar-refractivity contribution in [3.05, 3.63) is 121 Å². The highest BCUT2D eigenvalue weighted by Crippen LogP contribution is 2.46. The molecule has 3 nitrogen and oxygen atoms in total. The molecule has 0 aromatic heterocycles. The first kappa shape index (κ1) is 31.6. The van der Waals surface area contributed by atoms with Gasteiger partial charge >= 0.3 is 0 Å². The minimum Gasteiger partial charge on any atom is -0.407 e. The van der Waals surface area contributed by atoms with E-state index in [-0.39, 0.29) is 21.5 Å². The molecule has 0 amide bonds. The van der Waals surface area contributed by atoms with Crippen LogP contribution in [-0.4, -0.2) is 35.9 Å². The van der Waals surface area contributed by atoms with Crippen LogP contribution in [0.2, 0.25) is 10.1 Å². The van der Waals surface area contributed by atoms with Gasteiger partial charge in [-0.3, -0.25) is 0 Å². The van der Waals surface area contributed by atoms with Gasteiger partial charge in [-0.05, 0) is 43.7 Å². The molecule has 1 fully saturated rings. The third-order valence-corrected chi connectivity index (χ3v) is 19.4. The van der Waals surface area contributed by atoms with Gasteiger partial charge in [0.2, 0.25) is 0 Å². The van der Waals surface area contributed by atoms with Crippen molar-refractivity contribution < 1.29 is 8.85 Å². The number of hydrogen-bond donors (Lipinski definition) is 1. The molecule has 2 N–H and O–H groups in total. The maximum Gasteiger partial charge on any atom is 0.261 e. The van der Waals surface area contributed by atoms with Gasteiger partial charge in [0.05, 0.1) is 0 Å². The van der Waals surface area contributed by atoms with Gasteiger partial charge in [-0.15, -0.1) is 0 Å². The highest BCUT2D eigenvalue weighted by Gasteiger charge is 2.55. The van der Waals surface area contributed by atoms with Crippen LogP contribution in [0.25, 0.3) is 0 Å². The second kappa shape index (κ2) is 12.3. The summed E-state index contributed by atoms with van der Waals surface area (Å²) in [5.41, 5.74) is 6.42. The number of rotatable bonds is 10. The third-order valence-electron chi connectivity index (χ3n) is 9.41. The highest BCUT2D eigenvalue weighted by molar-refractivity contribution is 7.00. The lowest BCUT2D eigenvalue weighted by molar-refractivity contribution is -0.0108. The van der Waals surface area contributed by atoms with E-state index in [0.717, 1.165) is 12.8 Å². The molecule has 0 saturated heterocycles. The Bertz CT molecular complexity index is 1260. The van der Waals surface area contributed by atoms with Crippen molar-refractivity contribution in [3.63, 3.8) is 0 Å². The summed E-state index contributed by atoms with van der Waals surface area (Å²) >= 11 is 0. The molecule has 43 heavy (non-hydrogen) atoms. The van der Waals surface area contributed by atoms with Crippen molar-refractivity contribution >= 4 is 37.4 Å². The van der Waals surface area contributed by atoms with Gasteiger partial charge in [0.1, 0.15) is 0 Å². The van der Waals surface area contributed by atoms with Crippen molar-refractivity contribution in [3.8, 4) is 0 Å². The average Bonchev–Trinajstić information content (AvgIpc) is 2.98. The number of benzene rings is 4. The summed E-state index contributed by atoms with van der Waals surface area (Å²) in [4.78, 5) is 0. The SMILES string of the molecule is CC(C)(C)[Si](OCC1(CO[Si](c2ccccc2)(c2ccccc2)C(C)(C)C)CC(N)C1)(c1ccccc1)c1ccccc1. The van der Waals surface area contributed by atoms with Crippen LogP contribution in [0, 0.1) is 5.41 Å². The summed E-state index contributed by atoms with van der Waals surface area (Å²) < 4.78 is 15.0. The largest absolute Gasteiger partial charge is 0.407 e. The zero-order valence-electron chi connectivity index (χ0n) is 26.8. The summed E-state index contributed by atoms with van der Waals surface area (Å²) in [5.74, 6) is 0. The van der Waals surface area contributed by atoms with E-state index in [4.69, 9.17) is 14.6 Å². The fourth-order valence-corrected chi connectivity index (χ4v) is 16.7. The Hall–Kier alpha value is -2.81. The van der Waals surface area contributed by atoms with Crippen molar-refractivity contribution in [1.82, 2.24) is 0 Å². The van der Waals surface area contributed by atoms with E-state index in [2.05, 4.69) is 163 Å². The Morgan fingerprint density at radius 1 is 0.535 bits per heavy atom. The summed E-state index contributed by atoms with van der Waals surface area (Å²) in [5, 5.41) is 5.06. The van der Waals surface area contributed by atoms with E-state index in [1.54, 1.807) is 0 Å². The van der Waals surface area contributed by atoms with Gasteiger partial charge in [0.25, 0.3) is 16.6 Å².